The zero-order valence-electron chi connectivity index (χ0n) is 9.92. The molecular formula is C14H21N. The van der Waals surface area contributed by atoms with E-state index in [2.05, 4.69) is 37.1 Å². The average Bonchev–Trinajstić information content (AvgIpc) is 2.19. The first-order valence-electron chi connectivity index (χ1n) is 6.09. The van der Waals surface area contributed by atoms with Crippen LogP contribution in [0.15, 0.2) is 18.2 Å². The summed E-state index contributed by atoms with van der Waals surface area (Å²) in [7, 11) is 2.21. The highest BCUT2D eigenvalue weighted by Gasteiger charge is 2.12. The van der Waals surface area contributed by atoms with Crippen LogP contribution in [-0.2, 0) is 19.3 Å². The van der Waals surface area contributed by atoms with Crippen LogP contribution >= 0.6 is 0 Å². The molecule has 2 rings (SSSR count). The first-order chi connectivity index (χ1) is 7.29. The summed E-state index contributed by atoms with van der Waals surface area (Å²) >= 11 is 0. The lowest BCUT2D eigenvalue weighted by molar-refractivity contribution is 0.339. The summed E-state index contributed by atoms with van der Waals surface area (Å²) in [6.07, 6.45) is 5.05. The molecule has 15 heavy (non-hydrogen) atoms. The maximum Gasteiger partial charge on any atom is 0.00188 e. The van der Waals surface area contributed by atoms with E-state index in [4.69, 9.17) is 0 Å². The van der Waals surface area contributed by atoms with E-state index >= 15 is 0 Å². The molecule has 0 aromatic heterocycles. The molecule has 0 atom stereocenters. The Hall–Kier alpha value is -0.820. The number of benzene rings is 1. The molecule has 1 nitrogen and oxygen atoms in total. The minimum absolute atomic E-state index is 1.19. The van der Waals surface area contributed by atoms with Crippen molar-refractivity contribution < 1.29 is 0 Å². The van der Waals surface area contributed by atoms with Crippen molar-refractivity contribution in [2.24, 2.45) is 0 Å². The van der Waals surface area contributed by atoms with Crippen LogP contribution in [0.2, 0.25) is 0 Å². The fraction of sp³-hybridized carbons (Fsp3) is 0.571. The molecule has 1 aromatic carbocycles. The molecule has 1 aliphatic carbocycles. The Morgan fingerprint density at radius 2 is 1.93 bits per heavy atom. The topological polar surface area (TPSA) is 3.24 Å². The summed E-state index contributed by atoms with van der Waals surface area (Å²) in [5.74, 6) is 0. The first-order valence-corrected chi connectivity index (χ1v) is 6.09. The first kappa shape index (κ1) is 10.7. The fourth-order valence-electron chi connectivity index (χ4n) is 2.22. The maximum atomic E-state index is 2.42. The van der Waals surface area contributed by atoms with Gasteiger partial charge in [-0.25, -0.2) is 0 Å². The summed E-state index contributed by atoms with van der Waals surface area (Å²) < 4.78 is 0. The van der Waals surface area contributed by atoms with Crippen molar-refractivity contribution in [1.82, 2.24) is 4.90 Å². The minimum Gasteiger partial charge on any atom is -0.306 e. The van der Waals surface area contributed by atoms with E-state index in [9.17, 15) is 0 Å². The number of hydrogen-bond donors (Lipinski definition) is 0. The van der Waals surface area contributed by atoms with Crippen LogP contribution in [0.3, 0.4) is 0 Å². The van der Waals surface area contributed by atoms with Crippen molar-refractivity contribution in [1.29, 1.82) is 0 Å². The molecule has 0 saturated carbocycles. The van der Waals surface area contributed by atoms with Crippen LogP contribution in [0.25, 0.3) is 0 Å². The number of rotatable bonds is 5. The second-order valence-corrected chi connectivity index (χ2v) is 4.66. The summed E-state index contributed by atoms with van der Waals surface area (Å²) in [6, 6.07) is 7.02. The Labute approximate surface area is 93.1 Å². The van der Waals surface area contributed by atoms with Crippen molar-refractivity contribution in [3.05, 3.63) is 34.9 Å². The van der Waals surface area contributed by atoms with Crippen LogP contribution < -0.4 is 0 Å². The van der Waals surface area contributed by atoms with E-state index in [1.165, 1.54) is 44.3 Å². The van der Waals surface area contributed by atoms with Gasteiger partial charge in [0.1, 0.15) is 0 Å². The van der Waals surface area contributed by atoms with E-state index < -0.39 is 0 Å². The van der Waals surface area contributed by atoms with Crippen molar-refractivity contribution in [2.45, 2.75) is 32.6 Å². The smallest absolute Gasteiger partial charge is 0.00188 e. The van der Waals surface area contributed by atoms with Crippen molar-refractivity contribution >= 4 is 0 Å². The van der Waals surface area contributed by atoms with Crippen molar-refractivity contribution in [3.63, 3.8) is 0 Å². The van der Waals surface area contributed by atoms with Gasteiger partial charge in [-0.05, 0) is 56.0 Å². The summed E-state index contributed by atoms with van der Waals surface area (Å²) in [5, 5.41) is 0. The Morgan fingerprint density at radius 1 is 1.13 bits per heavy atom. The SMILES string of the molecule is CCCN(C)CCc1ccc2c(c1)CC2. The molecular weight excluding hydrogens is 182 g/mol. The molecule has 1 aliphatic rings. The van der Waals surface area contributed by atoms with Crippen LogP contribution in [-0.4, -0.2) is 25.0 Å². The molecule has 0 heterocycles. The van der Waals surface area contributed by atoms with Crippen LogP contribution in [0.1, 0.15) is 30.0 Å². The highest BCUT2D eigenvalue weighted by molar-refractivity contribution is 5.38. The predicted molar refractivity (Wildman–Crippen MR) is 65.3 cm³/mol. The van der Waals surface area contributed by atoms with Gasteiger partial charge in [-0.3, -0.25) is 0 Å². The molecule has 1 heteroatoms. The molecule has 0 N–H and O–H groups in total. The zero-order valence-corrected chi connectivity index (χ0v) is 9.92. The minimum atomic E-state index is 1.19. The molecule has 0 aliphatic heterocycles. The van der Waals surface area contributed by atoms with Gasteiger partial charge in [0, 0.05) is 6.54 Å². The summed E-state index contributed by atoms with van der Waals surface area (Å²) in [5.41, 5.74) is 4.67. The van der Waals surface area contributed by atoms with Gasteiger partial charge < -0.3 is 4.90 Å². The maximum absolute atomic E-state index is 2.42. The number of fused-ring (bicyclic) bond motifs is 1. The molecule has 0 radical (unpaired) electrons. The van der Waals surface area contributed by atoms with E-state index in [0.29, 0.717) is 0 Å². The molecule has 1 aromatic rings. The van der Waals surface area contributed by atoms with Crippen LogP contribution in [0.5, 0.6) is 0 Å². The van der Waals surface area contributed by atoms with Gasteiger partial charge in [0.25, 0.3) is 0 Å². The van der Waals surface area contributed by atoms with E-state index in [1.807, 2.05) is 0 Å². The summed E-state index contributed by atoms with van der Waals surface area (Å²) in [6.45, 7) is 4.64. The highest BCUT2D eigenvalue weighted by Crippen LogP contribution is 2.23. The van der Waals surface area contributed by atoms with Crippen molar-refractivity contribution in [3.8, 4) is 0 Å². The Kier molecular flexibility index (Phi) is 3.42. The number of likely N-dealkylation sites (N-methyl/N-ethyl adjacent to an activating group) is 1. The van der Waals surface area contributed by atoms with Gasteiger partial charge in [-0.2, -0.15) is 0 Å². The lowest BCUT2D eigenvalue weighted by Gasteiger charge is -2.20. The second-order valence-electron chi connectivity index (χ2n) is 4.66. The standard InChI is InChI=1S/C14H21N/c1-3-9-15(2)10-8-12-4-5-13-6-7-14(13)11-12/h4-5,11H,3,6-10H2,1-2H3. The zero-order chi connectivity index (χ0) is 10.7. The molecule has 82 valence electrons. The third-order valence-electron chi connectivity index (χ3n) is 3.32. The third kappa shape index (κ3) is 2.60. The van der Waals surface area contributed by atoms with Gasteiger partial charge in [0.05, 0.1) is 0 Å². The lowest BCUT2D eigenvalue weighted by Crippen LogP contribution is -2.22. The summed E-state index contributed by atoms with van der Waals surface area (Å²) in [4.78, 5) is 2.42. The van der Waals surface area contributed by atoms with Crippen LogP contribution in [0, 0.1) is 0 Å². The quantitative estimate of drug-likeness (QED) is 0.711. The van der Waals surface area contributed by atoms with Crippen LogP contribution in [0.4, 0.5) is 0 Å². The second kappa shape index (κ2) is 4.80. The predicted octanol–water partition coefficient (Wildman–Crippen LogP) is 2.67. The van der Waals surface area contributed by atoms with E-state index in [0.717, 1.165) is 0 Å². The monoisotopic (exact) mass is 203 g/mol. The average molecular weight is 203 g/mol. The fourth-order valence-corrected chi connectivity index (χ4v) is 2.22. The third-order valence-corrected chi connectivity index (χ3v) is 3.32. The molecule has 0 spiro atoms. The van der Waals surface area contributed by atoms with Gasteiger partial charge in [0.2, 0.25) is 0 Å². The Balaban J connectivity index is 1.85. The lowest BCUT2D eigenvalue weighted by atomic mass is 9.87. The van der Waals surface area contributed by atoms with Gasteiger partial charge >= 0.3 is 0 Å². The van der Waals surface area contributed by atoms with Gasteiger partial charge in [-0.1, -0.05) is 25.1 Å². The Morgan fingerprint density at radius 3 is 2.53 bits per heavy atom. The van der Waals surface area contributed by atoms with Gasteiger partial charge in [-0.15, -0.1) is 0 Å². The molecule has 0 unspecified atom stereocenters. The number of nitrogens with zero attached hydrogens (tertiary/aromatic N) is 1. The highest BCUT2D eigenvalue weighted by atomic mass is 15.1. The Bertz CT molecular complexity index is 330. The van der Waals surface area contributed by atoms with Crippen molar-refractivity contribution in [2.75, 3.05) is 20.1 Å². The molecule has 0 amide bonds. The number of hydrogen-bond acceptors (Lipinski definition) is 1. The molecule has 0 saturated heterocycles. The largest absolute Gasteiger partial charge is 0.306 e. The van der Waals surface area contributed by atoms with E-state index in [-0.39, 0.29) is 0 Å². The van der Waals surface area contributed by atoms with E-state index in [1.54, 1.807) is 11.1 Å². The number of aryl methyl sites for hydroxylation is 2. The normalized spacial score (nSPS) is 13.8. The van der Waals surface area contributed by atoms with Gasteiger partial charge in [0.15, 0.2) is 0 Å². The molecule has 0 fully saturated rings. The molecule has 0 bridgehead atoms.